The van der Waals surface area contributed by atoms with Crippen molar-refractivity contribution in [1.82, 2.24) is 9.97 Å². The highest BCUT2D eigenvalue weighted by molar-refractivity contribution is 5.85. The third-order valence-electron chi connectivity index (χ3n) is 2.01. The van der Waals surface area contributed by atoms with Crippen molar-refractivity contribution in [2.75, 3.05) is 13.2 Å². The minimum atomic E-state index is -1.09. The van der Waals surface area contributed by atoms with Crippen LogP contribution in [-0.2, 0) is 4.74 Å². The van der Waals surface area contributed by atoms with Gasteiger partial charge in [-0.2, -0.15) is 4.98 Å². The summed E-state index contributed by atoms with van der Waals surface area (Å²) < 4.78 is 10.5. The van der Waals surface area contributed by atoms with E-state index in [4.69, 9.17) is 14.6 Å². The first kappa shape index (κ1) is 9.85. The van der Waals surface area contributed by atoms with E-state index in [0.29, 0.717) is 13.2 Å². The van der Waals surface area contributed by atoms with E-state index in [9.17, 15) is 4.79 Å². The molecule has 1 unspecified atom stereocenters. The largest absolute Gasteiger partial charge is 0.477 e. The zero-order valence-corrected chi connectivity index (χ0v) is 7.92. The summed E-state index contributed by atoms with van der Waals surface area (Å²) in [5.74, 6) is -1.09. The Morgan fingerprint density at radius 2 is 2.53 bits per heavy atom. The number of hydrogen-bond acceptors (Lipinski definition) is 5. The van der Waals surface area contributed by atoms with Gasteiger partial charge in [-0.3, -0.25) is 0 Å². The molecule has 1 N–H and O–H groups in total. The molecule has 0 aromatic carbocycles. The van der Waals surface area contributed by atoms with E-state index in [0.717, 1.165) is 6.42 Å². The summed E-state index contributed by atoms with van der Waals surface area (Å²) in [6.07, 6.45) is 2.07. The molecule has 2 rings (SSSR count). The fourth-order valence-corrected chi connectivity index (χ4v) is 1.27. The molecule has 1 atom stereocenters. The second-order valence-electron chi connectivity index (χ2n) is 3.13. The molecule has 6 heteroatoms. The predicted molar refractivity (Wildman–Crippen MR) is 48.8 cm³/mol. The van der Waals surface area contributed by atoms with E-state index in [1.54, 1.807) is 0 Å². The van der Waals surface area contributed by atoms with E-state index in [-0.39, 0.29) is 17.8 Å². The number of hydrogen-bond donors (Lipinski definition) is 1. The Morgan fingerprint density at radius 1 is 1.67 bits per heavy atom. The maximum absolute atomic E-state index is 10.6. The van der Waals surface area contributed by atoms with Crippen LogP contribution in [0.2, 0.25) is 0 Å². The number of rotatable bonds is 3. The molecule has 0 amide bonds. The van der Waals surface area contributed by atoms with Crippen LogP contribution in [0.25, 0.3) is 0 Å². The highest BCUT2D eigenvalue weighted by Gasteiger charge is 2.18. The molecule has 1 aromatic rings. The summed E-state index contributed by atoms with van der Waals surface area (Å²) in [6.45, 7) is 1.16. The van der Waals surface area contributed by atoms with Crippen molar-refractivity contribution < 1.29 is 19.4 Å². The normalized spacial score (nSPS) is 20.1. The number of carboxylic acids is 1. The average Bonchev–Trinajstić information content (AvgIpc) is 2.71. The van der Waals surface area contributed by atoms with Crippen LogP contribution in [0, 0.1) is 0 Å². The topological polar surface area (TPSA) is 81.5 Å². The maximum Gasteiger partial charge on any atom is 0.354 e. The highest BCUT2D eigenvalue weighted by Crippen LogP contribution is 2.12. The van der Waals surface area contributed by atoms with Crippen molar-refractivity contribution in [3.63, 3.8) is 0 Å². The van der Waals surface area contributed by atoms with E-state index < -0.39 is 5.97 Å². The lowest BCUT2D eigenvalue weighted by Crippen LogP contribution is -2.18. The molecule has 1 saturated heterocycles. The van der Waals surface area contributed by atoms with Crippen LogP contribution in [-0.4, -0.2) is 40.4 Å². The molecule has 1 fully saturated rings. The van der Waals surface area contributed by atoms with Gasteiger partial charge in [-0.25, -0.2) is 9.78 Å². The minimum Gasteiger partial charge on any atom is -0.477 e. The fraction of sp³-hybridized carbons (Fsp3) is 0.444. The summed E-state index contributed by atoms with van der Waals surface area (Å²) in [5, 5.41) is 8.70. The quantitative estimate of drug-likeness (QED) is 0.774. The molecule has 80 valence electrons. The van der Waals surface area contributed by atoms with Crippen LogP contribution in [0.15, 0.2) is 12.3 Å². The third kappa shape index (κ3) is 2.41. The zero-order valence-electron chi connectivity index (χ0n) is 7.92. The Kier molecular flexibility index (Phi) is 2.77. The van der Waals surface area contributed by atoms with Crippen molar-refractivity contribution in [2.45, 2.75) is 12.5 Å². The standard InChI is InChI=1S/C9H10N2O4/c12-8(13)7-1-3-10-9(11-7)15-6-2-4-14-5-6/h1,3,6H,2,4-5H2,(H,12,13). The lowest BCUT2D eigenvalue weighted by atomic mass is 10.3. The summed E-state index contributed by atoms with van der Waals surface area (Å²) in [5.41, 5.74) is -0.0704. The smallest absolute Gasteiger partial charge is 0.354 e. The fourth-order valence-electron chi connectivity index (χ4n) is 1.27. The molecular weight excluding hydrogens is 200 g/mol. The van der Waals surface area contributed by atoms with Crippen LogP contribution in [0.3, 0.4) is 0 Å². The first-order valence-corrected chi connectivity index (χ1v) is 4.56. The van der Waals surface area contributed by atoms with Crippen LogP contribution in [0.4, 0.5) is 0 Å². The zero-order chi connectivity index (χ0) is 10.7. The van der Waals surface area contributed by atoms with Crippen molar-refractivity contribution in [3.8, 4) is 6.01 Å². The number of ether oxygens (including phenoxy) is 2. The van der Waals surface area contributed by atoms with Crippen LogP contribution < -0.4 is 4.74 Å². The molecule has 1 aromatic heterocycles. The summed E-state index contributed by atoms with van der Waals surface area (Å²) in [6, 6.07) is 1.41. The van der Waals surface area contributed by atoms with E-state index in [1.807, 2.05) is 0 Å². The SMILES string of the molecule is O=C(O)c1ccnc(OC2CCOC2)n1. The minimum absolute atomic E-state index is 0.0704. The van der Waals surface area contributed by atoms with Crippen molar-refractivity contribution in [3.05, 3.63) is 18.0 Å². The molecule has 2 heterocycles. The number of aromatic carboxylic acids is 1. The van der Waals surface area contributed by atoms with Gasteiger partial charge in [0.25, 0.3) is 0 Å². The first-order chi connectivity index (χ1) is 7.25. The van der Waals surface area contributed by atoms with Crippen molar-refractivity contribution in [1.29, 1.82) is 0 Å². The highest BCUT2D eigenvalue weighted by atomic mass is 16.6. The van der Waals surface area contributed by atoms with E-state index >= 15 is 0 Å². The maximum atomic E-state index is 10.6. The monoisotopic (exact) mass is 210 g/mol. The van der Waals surface area contributed by atoms with Crippen LogP contribution >= 0.6 is 0 Å². The van der Waals surface area contributed by atoms with Gasteiger partial charge in [0, 0.05) is 12.6 Å². The van der Waals surface area contributed by atoms with Crippen LogP contribution in [0.5, 0.6) is 6.01 Å². The lowest BCUT2D eigenvalue weighted by molar-refractivity contribution is 0.0687. The van der Waals surface area contributed by atoms with Gasteiger partial charge in [0.1, 0.15) is 6.10 Å². The number of aromatic nitrogens is 2. The van der Waals surface area contributed by atoms with E-state index in [2.05, 4.69) is 9.97 Å². The summed E-state index contributed by atoms with van der Waals surface area (Å²) in [7, 11) is 0. The van der Waals surface area contributed by atoms with Gasteiger partial charge in [0.15, 0.2) is 5.69 Å². The average molecular weight is 210 g/mol. The Hall–Kier alpha value is -1.69. The molecule has 1 aliphatic heterocycles. The molecule has 0 aliphatic carbocycles. The van der Waals surface area contributed by atoms with Gasteiger partial charge < -0.3 is 14.6 Å². The second-order valence-corrected chi connectivity index (χ2v) is 3.13. The van der Waals surface area contributed by atoms with Crippen LogP contribution in [0.1, 0.15) is 16.9 Å². The first-order valence-electron chi connectivity index (χ1n) is 4.56. The molecule has 0 spiro atoms. The molecule has 6 nitrogen and oxygen atoms in total. The van der Waals surface area contributed by atoms with Gasteiger partial charge in [0.05, 0.1) is 13.2 Å². The van der Waals surface area contributed by atoms with Gasteiger partial charge in [-0.1, -0.05) is 0 Å². The Balaban J connectivity index is 2.07. The van der Waals surface area contributed by atoms with Gasteiger partial charge in [0.2, 0.25) is 0 Å². The number of nitrogens with zero attached hydrogens (tertiary/aromatic N) is 2. The lowest BCUT2D eigenvalue weighted by Gasteiger charge is -2.09. The number of carboxylic acid groups (broad SMARTS) is 1. The Bertz CT molecular complexity index is 363. The van der Waals surface area contributed by atoms with Gasteiger partial charge >= 0.3 is 12.0 Å². The van der Waals surface area contributed by atoms with E-state index in [1.165, 1.54) is 12.3 Å². The molecule has 1 aliphatic rings. The molecule has 0 saturated carbocycles. The van der Waals surface area contributed by atoms with Gasteiger partial charge in [-0.05, 0) is 6.07 Å². The van der Waals surface area contributed by atoms with Crippen molar-refractivity contribution in [2.24, 2.45) is 0 Å². The number of carbonyl (C=O) groups is 1. The molecule has 15 heavy (non-hydrogen) atoms. The molecule has 0 bridgehead atoms. The summed E-state index contributed by atoms with van der Waals surface area (Å²) >= 11 is 0. The molecule has 0 radical (unpaired) electrons. The van der Waals surface area contributed by atoms with Crippen molar-refractivity contribution >= 4 is 5.97 Å². The Morgan fingerprint density at radius 3 is 3.20 bits per heavy atom. The third-order valence-corrected chi connectivity index (χ3v) is 2.01. The second kappa shape index (κ2) is 4.22. The predicted octanol–water partition coefficient (Wildman–Crippen LogP) is 0.343. The summed E-state index contributed by atoms with van der Waals surface area (Å²) in [4.78, 5) is 18.2. The van der Waals surface area contributed by atoms with Gasteiger partial charge in [-0.15, -0.1) is 0 Å². The Labute approximate surface area is 85.9 Å². The molecular formula is C9H10N2O4.